The summed E-state index contributed by atoms with van der Waals surface area (Å²) >= 11 is 8.46. The van der Waals surface area contributed by atoms with Crippen molar-refractivity contribution in [2.45, 2.75) is 10.6 Å². The van der Waals surface area contributed by atoms with Crippen molar-refractivity contribution >= 4 is 40.6 Å². The molecule has 2 heterocycles. The maximum absolute atomic E-state index is 13.9. The van der Waals surface area contributed by atoms with Crippen molar-refractivity contribution in [1.29, 1.82) is 0 Å². The smallest absolute Gasteiger partial charge is 0.258 e. The van der Waals surface area contributed by atoms with Crippen LogP contribution in [0.1, 0.15) is 15.2 Å². The third-order valence-electron chi connectivity index (χ3n) is 2.72. The van der Waals surface area contributed by atoms with Crippen LogP contribution in [0.2, 0.25) is 5.02 Å². The fourth-order valence-electron chi connectivity index (χ4n) is 1.89. The van der Waals surface area contributed by atoms with Crippen LogP contribution in [0.5, 0.6) is 0 Å². The lowest BCUT2D eigenvalue weighted by atomic mass is 10.1. The van der Waals surface area contributed by atoms with Crippen molar-refractivity contribution in [2.75, 3.05) is 0 Å². The number of thiophene rings is 1. The Morgan fingerprint density at radius 1 is 1.44 bits per heavy atom. The van der Waals surface area contributed by atoms with Crippen molar-refractivity contribution in [3.63, 3.8) is 0 Å². The summed E-state index contributed by atoms with van der Waals surface area (Å²) in [4.78, 5) is 13.1. The first-order valence-corrected chi connectivity index (χ1v) is 7.29. The Morgan fingerprint density at radius 2 is 2.22 bits per heavy atom. The fourth-order valence-corrected chi connectivity index (χ4v) is 4.41. The minimum atomic E-state index is -0.449. The number of halogens is 2. The van der Waals surface area contributed by atoms with Crippen LogP contribution in [0.3, 0.4) is 0 Å². The molecule has 0 saturated heterocycles. The standard InChI is InChI=1S/C12H7ClFNOS2/c13-7-2-1-6-10-5(3-8(18-10)12(15)16)4-17-11(6)9(7)14/h1-3H,4H2,(H2,15,16). The fraction of sp³-hybridized carbons (Fsp3) is 0.0833. The number of rotatable bonds is 1. The number of primary amides is 1. The summed E-state index contributed by atoms with van der Waals surface area (Å²) in [6.45, 7) is 0. The van der Waals surface area contributed by atoms with Crippen LogP contribution >= 0.6 is 34.7 Å². The van der Waals surface area contributed by atoms with E-state index in [2.05, 4.69) is 0 Å². The summed E-state index contributed by atoms with van der Waals surface area (Å²) in [6, 6.07) is 5.10. The van der Waals surface area contributed by atoms with Gasteiger partial charge in [0.2, 0.25) is 0 Å². The monoisotopic (exact) mass is 299 g/mol. The summed E-state index contributed by atoms with van der Waals surface area (Å²) in [5.41, 5.74) is 7.08. The minimum Gasteiger partial charge on any atom is -0.365 e. The number of carbonyl (C=O) groups is 1. The van der Waals surface area contributed by atoms with E-state index >= 15 is 0 Å². The zero-order valence-electron chi connectivity index (χ0n) is 9.00. The van der Waals surface area contributed by atoms with Crippen LogP contribution in [0.15, 0.2) is 23.1 Å². The molecule has 0 radical (unpaired) electrons. The SMILES string of the molecule is NC(=O)c1cc2c(s1)-c1ccc(Cl)c(F)c1SC2. The van der Waals surface area contributed by atoms with Crippen molar-refractivity contribution in [3.05, 3.63) is 39.5 Å². The van der Waals surface area contributed by atoms with Gasteiger partial charge in [0, 0.05) is 16.2 Å². The number of hydrogen-bond donors (Lipinski definition) is 1. The summed E-state index contributed by atoms with van der Waals surface area (Å²) < 4.78 is 13.9. The van der Waals surface area contributed by atoms with E-state index < -0.39 is 5.91 Å². The van der Waals surface area contributed by atoms with Crippen molar-refractivity contribution in [2.24, 2.45) is 5.73 Å². The van der Waals surface area contributed by atoms with Gasteiger partial charge >= 0.3 is 0 Å². The molecule has 2 nitrogen and oxygen atoms in total. The zero-order chi connectivity index (χ0) is 12.9. The molecule has 92 valence electrons. The van der Waals surface area contributed by atoms with Crippen LogP contribution in [0.4, 0.5) is 4.39 Å². The van der Waals surface area contributed by atoms with E-state index in [0.717, 1.165) is 16.0 Å². The van der Waals surface area contributed by atoms with Gasteiger partial charge in [-0.15, -0.1) is 23.1 Å². The zero-order valence-corrected chi connectivity index (χ0v) is 11.4. The lowest BCUT2D eigenvalue weighted by Gasteiger charge is -2.16. The van der Waals surface area contributed by atoms with Crippen LogP contribution in [0.25, 0.3) is 10.4 Å². The number of hydrogen-bond acceptors (Lipinski definition) is 3. The Labute approximate surface area is 116 Å². The topological polar surface area (TPSA) is 43.1 Å². The van der Waals surface area contributed by atoms with Crippen molar-refractivity contribution in [3.8, 4) is 10.4 Å². The van der Waals surface area contributed by atoms with Gasteiger partial charge in [0.15, 0.2) is 5.82 Å². The van der Waals surface area contributed by atoms with Crippen LogP contribution < -0.4 is 5.73 Å². The van der Waals surface area contributed by atoms with Crippen molar-refractivity contribution in [1.82, 2.24) is 0 Å². The number of carbonyl (C=O) groups excluding carboxylic acids is 1. The summed E-state index contributed by atoms with van der Waals surface area (Å²) in [6.07, 6.45) is 0. The highest BCUT2D eigenvalue weighted by molar-refractivity contribution is 7.98. The molecule has 1 aromatic carbocycles. The van der Waals surface area contributed by atoms with E-state index in [1.165, 1.54) is 29.2 Å². The number of benzene rings is 1. The van der Waals surface area contributed by atoms with Gasteiger partial charge in [-0.05, 0) is 17.7 Å². The van der Waals surface area contributed by atoms with Gasteiger partial charge in [-0.25, -0.2) is 4.39 Å². The summed E-state index contributed by atoms with van der Waals surface area (Å²) in [5.74, 6) is -0.210. The molecule has 0 aliphatic carbocycles. The van der Waals surface area contributed by atoms with Gasteiger partial charge < -0.3 is 5.73 Å². The molecule has 0 saturated carbocycles. The highest BCUT2D eigenvalue weighted by Crippen LogP contribution is 2.47. The second kappa shape index (κ2) is 4.26. The molecule has 0 unspecified atom stereocenters. The predicted octanol–water partition coefficient (Wildman–Crippen LogP) is 3.91. The summed E-state index contributed by atoms with van der Waals surface area (Å²) in [7, 11) is 0. The first kappa shape index (κ1) is 12.0. The number of nitrogens with two attached hydrogens (primary N) is 1. The minimum absolute atomic E-state index is 0.122. The number of amides is 1. The average molecular weight is 300 g/mol. The molecule has 0 atom stereocenters. The van der Waals surface area contributed by atoms with Crippen molar-refractivity contribution < 1.29 is 9.18 Å². The maximum atomic E-state index is 13.9. The third-order valence-corrected chi connectivity index (χ3v) is 5.38. The van der Waals surface area contributed by atoms with E-state index in [0.29, 0.717) is 15.5 Å². The lowest BCUT2D eigenvalue weighted by molar-refractivity contribution is 0.100. The summed E-state index contributed by atoms with van der Waals surface area (Å²) in [5, 5.41) is 0.122. The Balaban J connectivity index is 2.23. The quantitative estimate of drug-likeness (QED) is 0.867. The molecule has 1 aliphatic heterocycles. The van der Waals surface area contributed by atoms with Gasteiger partial charge in [-0.3, -0.25) is 4.79 Å². The van der Waals surface area contributed by atoms with Crippen LogP contribution in [0, 0.1) is 5.82 Å². The molecule has 2 aromatic rings. The largest absolute Gasteiger partial charge is 0.365 e. The maximum Gasteiger partial charge on any atom is 0.258 e. The van der Waals surface area contributed by atoms with Crippen LogP contribution in [-0.2, 0) is 5.75 Å². The predicted molar refractivity (Wildman–Crippen MR) is 72.8 cm³/mol. The van der Waals surface area contributed by atoms with Gasteiger partial charge in [0.1, 0.15) is 0 Å². The third kappa shape index (κ3) is 1.74. The second-order valence-electron chi connectivity index (χ2n) is 3.86. The highest BCUT2D eigenvalue weighted by atomic mass is 35.5. The van der Waals surface area contributed by atoms with Gasteiger partial charge in [0.05, 0.1) is 14.8 Å². The van der Waals surface area contributed by atoms with Gasteiger partial charge in [0.25, 0.3) is 5.91 Å². The molecular weight excluding hydrogens is 293 g/mol. The molecule has 18 heavy (non-hydrogen) atoms. The highest BCUT2D eigenvalue weighted by Gasteiger charge is 2.24. The molecule has 0 fully saturated rings. The Morgan fingerprint density at radius 3 is 2.94 bits per heavy atom. The van der Waals surface area contributed by atoms with Crippen LogP contribution in [-0.4, -0.2) is 5.91 Å². The second-order valence-corrected chi connectivity index (χ2v) is 6.30. The Bertz CT molecular complexity index is 668. The lowest BCUT2D eigenvalue weighted by Crippen LogP contribution is -2.08. The molecule has 6 heteroatoms. The van der Waals surface area contributed by atoms with E-state index in [9.17, 15) is 9.18 Å². The first-order valence-electron chi connectivity index (χ1n) is 5.11. The first-order chi connectivity index (χ1) is 8.58. The Hall–Kier alpha value is -1.04. The molecular formula is C12H7ClFNOS2. The van der Waals surface area contributed by atoms with E-state index in [1.54, 1.807) is 12.1 Å². The molecule has 1 amide bonds. The van der Waals surface area contributed by atoms with E-state index in [-0.39, 0.29) is 10.8 Å². The Kier molecular flexibility index (Phi) is 2.84. The van der Waals surface area contributed by atoms with Gasteiger partial charge in [-0.1, -0.05) is 17.7 Å². The molecule has 1 aromatic heterocycles. The van der Waals surface area contributed by atoms with Gasteiger partial charge in [-0.2, -0.15) is 0 Å². The number of thioether (sulfide) groups is 1. The molecule has 0 spiro atoms. The average Bonchev–Trinajstić information content (AvgIpc) is 2.77. The molecule has 3 rings (SSSR count). The normalized spacial score (nSPS) is 13.0. The number of fused-ring (bicyclic) bond motifs is 3. The molecule has 2 N–H and O–H groups in total. The molecule has 0 bridgehead atoms. The van der Waals surface area contributed by atoms with E-state index in [4.69, 9.17) is 17.3 Å². The molecule has 1 aliphatic rings. The van der Waals surface area contributed by atoms with E-state index in [1.807, 2.05) is 0 Å².